The first kappa shape index (κ1) is 28.6. The lowest BCUT2D eigenvalue weighted by molar-refractivity contribution is -0.116. The molecule has 1 amide bonds. The van der Waals surface area contributed by atoms with E-state index in [9.17, 15) is 14.4 Å². The third kappa shape index (κ3) is 8.28. The van der Waals surface area contributed by atoms with Crippen molar-refractivity contribution in [2.45, 2.75) is 110 Å². The molecule has 5 nitrogen and oxygen atoms in total. The SMILES string of the molecule is CCCCCCCCCCCCCCCCCC(=O)Nc1cccc2c1C(=O)c1cccc(N)c1C2=O. The van der Waals surface area contributed by atoms with Crippen molar-refractivity contribution in [1.82, 2.24) is 0 Å². The van der Waals surface area contributed by atoms with Gasteiger partial charge in [-0.2, -0.15) is 0 Å². The molecule has 5 heteroatoms. The van der Waals surface area contributed by atoms with Crippen LogP contribution >= 0.6 is 0 Å². The monoisotopic (exact) mass is 504 g/mol. The molecular weight excluding hydrogens is 460 g/mol. The van der Waals surface area contributed by atoms with Gasteiger partial charge < -0.3 is 11.1 Å². The van der Waals surface area contributed by atoms with Crippen LogP contribution in [-0.4, -0.2) is 17.5 Å². The van der Waals surface area contributed by atoms with Gasteiger partial charge in [0.25, 0.3) is 0 Å². The lowest BCUT2D eigenvalue weighted by atomic mass is 9.82. The molecule has 0 saturated carbocycles. The van der Waals surface area contributed by atoms with Crippen molar-refractivity contribution in [3.8, 4) is 0 Å². The van der Waals surface area contributed by atoms with Crippen LogP contribution in [0.5, 0.6) is 0 Å². The molecule has 37 heavy (non-hydrogen) atoms. The molecule has 1 aliphatic rings. The van der Waals surface area contributed by atoms with Gasteiger partial charge in [-0.25, -0.2) is 0 Å². The molecular formula is C32H44N2O3. The zero-order valence-corrected chi connectivity index (χ0v) is 22.6. The molecule has 0 fully saturated rings. The number of carbonyl (C=O) groups is 3. The minimum atomic E-state index is -0.278. The number of unbranched alkanes of at least 4 members (excludes halogenated alkanes) is 14. The van der Waals surface area contributed by atoms with Gasteiger partial charge in [-0.05, 0) is 18.6 Å². The summed E-state index contributed by atoms with van der Waals surface area (Å²) in [7, 11) is 0. The molecule has 0 radical (unpaired) electrons. The van der Waals surface area contributed by atoms with Crippen molar-refractivity contribution in [3.63, 3.8) is 0 Å². The van der Waals surface area contributed by atoms with E-state index in [-0.39, 0.29) is 28.6 Å². The number of hydrogen-bond donors (Lipinski definition) is 2. The van der Waals surface area contributed by atoms with Crippen LogP contribution < -0.4 is 11.1 Å². The van der Waals surface area contributed by atoms with Crippen LogP contribution in [0.1, 0.15) is 141 Å². The average Bonchev–Trinajstić information content (AvgIpc) is 2.89. The van der Waals surface area contributed by atoms with Gasteiger partial charge in [0.2, 0.25) is 5.91 Å². The Bertz CT molecular complexity index is 1060. The second-order valence-corrected chi connectivity index (χ2v) is 10.4. The van der Waals surface area contributed by atoms with Gasteiger partial charge in [-0.1, -0.05) is 121 Å². The number of anilines is 2. The van der Waals surface area contributed by atoms with E-state index in [0.717, 1.165) is 19.3 Å². The number of carbonyl (C=O) groups excluding carboxylic acids is 3. The highest BCUT2D eigenvalue weighted by molar-refractivity contribution is 6.32. The van der Waals surface area contributed by atoms with Crippen molar-refractivity contribution in [1.29, 1.82) is 0 Å². The van der Waals surface area contributed by atoms with Gasteiger partial charge in [0, 0.05) is 23.2 Å². The highest BCUT2D eigenvalue weighted by Crippen LogP contribution is 2.34. The molecule has 0 atom stereocenters. The van der Waals surface area contributed by atoms with E-state index >= 15 is 0 Å². The molecule has 0 aromatic heterocycles. The zero-order valence-electron chi connectivity index (χ0n) is 22.6. The predicted octanol–water partition coefficient (Wildman–Crippen LogP) is 8.24. The van der Waals surface area contributed by atoms with Gasteiger partial charge in [0.1, 0.15) is 0 Å². The van der Waals surface area contributed by atoms with Crippen LogP contribution in [0.25, 0.3) is 0 Å². The van der Waals surface area contributed by atoms with E-state index in [4.69, 9.17) is 5.73 Å². The van der Waals surface area contributed by atoms with Crippen molar-refractivity contribution in [2.24, 2.45) is 0 Å². The van der Waals surface area contributed by atoms with E-state index < -0.39 is 0 Å². The van der Waals surface area contributed by atoms with Crippen LogP contribution in [0.2, 0.25) is 0 Å². The number of nitrogens with two attached hydrogens (primary N) is 1. The standard InChI is InChI=1S/C32H44N2O3/c1-2-3-4-5-6-7-8-9-10-11-12-13-14-15-16-23-28(35)34-27-22-18-20-25-30(27)32(37)24-19-17-21-26(33)29(24)31(25)36/h17-22H,2-16,23,33H2,1H3,(H,34,35). The Balaban J connectivity index is 1.31. The normalized spacial score (nSPS) is 12.4. The van der Waals surface area contributed by atoms with Gasteiger partial charge >= 0.3 is 0 Å². The quantitative estimate of drug-likeness (QED) is 0.143. The maximum absolute atomic E-state index is 13.2. The second-order valence-electron chi connectivity index (χ2n) is 10.4. The summed E-state index contributed by atoms with van der Waals surface area (Å²) >= 11 is 0. The summed E-state index contributed by atoms with van der Waals surface area (Å²) in [6, 6.07) is 9.90. The summed E-state index contributed by atoms with van der Waals surface area (Å²) < 4.78 is 0. The molecule has 0 unspecified atom stereocenters. The first-order chi connectivity index (χ1) is 18.0. The van der Waals surface area contributed by atoms with Crippen molar-refractivity contribution < 1.29 is 14.4 Å². The van der Waals surface area contributed by atoms with Crippen LogP contribution in [0, 0.1) is 0 Å². The third-order valence-electron chi connectivity index (χ3n) is 7.39. The first-order valence-corrected chi connectivity index (χ1v) is 14.4. The summed E-state index contributed by atoms with van der Waals surface area (Å²) in [5.74, 6) is -0.678. The van der Waals surface area contributed by atoms with Gasteiger partial charge in [0.05, 0.1) is 16.8 Å². The Morgan fingerprint density at radius 1 is 0.649 bits per heavy atom. The number of benzene rings is 2. The summed E-state index contributed by atoms with van der Waals surface area (Å²) in [5.41, 5.74) is 7.76. The highest BCUT2D eigenvalue weighted by atomic mass is 16.2. The fraction of sp³-hybridized carbons (Fsp3) is 0.531. The number of ketones is 2. The first-order valence-electron chi connectivity index (χ1n) is 14.4. The Morgan fingerprint density at radius 2 is 1.11 bits per heavy atom. The highest BCUT2D eigenvalue weighted by Gasteiger charge is 2.33. The largest absolute Gasteiger partial charge is 0.398 e. The molecule has 0 aliphatic heterocycles. The fourth-order valence-electron chi connectivity index (χ4n) is 5.24. The summed E-state index contributed by atoms with van der Waals surface area (Å²) in [6.07, 6.45) is 19.6. The predicted molar refractivity (Wildman–Crippen MR) is 152 cm³/mol. The fourth-order valence-corrected chi connectivity index (χ4v) is 5.24. The van der Waals surface area contributed by atoms with Crippen molar-refractivity contribution >= 4 is 28.8 Å². The minimum absolute atomic E-state index is 0.123. The number of nitrogens with one attached hydrogen (secondary N) is 1. The Hall–Kier alpha value is -2.95. The Kier molecular flexibility index (Phi) is 11.9. The smallest absolute Gasteiger partial charge is 0.224 e. The van der Waals surface area contributed by atoms with Crippen LogP contribution in [0.4, 0.5) is 11.4 Å². The molecule has 0 saturated heterocycles. The molecule has 1 aliphatic carbocycles. The Labute approximate surface area is 222 Å². The number of nitrogen functional groups attached to an aromatic ring is 1. The van der Waals surface area contributed by atoms with E-state index in [1.165, 1.54) is 77.0 Å². The van der Waals surface area contributed by atoms with Gasteiger partial charge in [-0.15, -0.1) is 0 Å². The topological polar surface area (TPSA) is 89.3 Å². The number of rotatable bonds is 17. The molecule has 200 valence electrons. The van der Waals surface area contributed by atoms with Crippen LogP contribution in [0.3, 0.4) is 0 Å². The molecule has 0 bridgehead atoms. The number of hydrogen-bond acceptors (Lipinski definition) is 4. The zero-order chi connectivity index (χ0) is 26.5. The number of amides is 1. The van der Waals surface area contributed by atoms with E-state index in [1.54, 1.807) is 36.4 Å². The second kappa shape index (κ2) is 15.3. The lowest BCUT2D eigenvalue weighted by Crippen LogP contribution is -2.24. The van der Waals surface area contributed by atoms with Crippen LogP contribution in [-0.2, 0) is 4.79 Å². The number of fused-ring (bicyclic) bond motifs is 2. The molecule has 2 aromatic rings. The Morgan fingerprint density at radius 3 is 1.68 bits per heavy atom. The average molecular weight is 505 g/mol. The lowest BCUT2D eigenvalue weighted by Gasteiger charge is -2.21. The summed E-state index contributed by atoms with van der Waals surface area (Å²) in [5, 5.41) is 2.87. The van der Waals surface area contributed by atoms with Crippen LogP contribution in [0.15, 0.2) is 36.4 Å². The maximum Gasteiger partial charge on any atom is 0.224 e. The van der Waals surface area contributed by atoms with E-state index in [2.05, 4.69) is 12.2 Å². The third-order valence-corrected chi connectivity index (χ3v) is 7.39. The van der Waals surface area contributed by atoms with E-state index in [1.807, 2.05) is 0 Å². The molecule has 0 spiro atoms. The molecule has 3 N–H and O–H groups in total. The molecule has 0 heterocycles. The van der Waals surface area contributed by atoms with E-state index in [0.29, 0.717) is 28.9 Å². The minimum Gasteiger partial charge on any atom is -0.398 e. The summed E-state index contributed by atoms with van der Waals surface area (Å²) in [4.78, 5) is 38.7. The van der Waals surface area contributed by atoms with Gasteiger partial charge in [0.15, 0.2) is 11.6 Å². The molecule has 2 aromatic carbocycles. The van der Waals surface area contributed by atoms with Gasteiger partial charge in [-0.3, -0.25) is 14.4 Å². The maximum atomic E-state index is 13.2. The van der Waals surface area contributed by atoms with Crippen molar-refractivity contribution in [3.05, 3.63) is 58.7 Å². The summed E-state index contributed by atoms with van der Waals surface area (Å²) in [6.45, 7) is 2.26. The van der Waals surface area contributed by atoms with Crippen molar-refractivity contribution in [2.75, 3.05) is 11.1 Å². The molecule has 3 rings (SSSR count).